The van der Waals surface area contributed by atoms with Gasteiger partial charge in [0, 0.05) is 13.1 Å². The summed E-state index contributed by atoms with van der Waals surface area (Å²) in [6.45, 7) is 1.50. The van der Waals surface area contributed by atoms with Crippen LogP contribution in [0.4, 0.5) is 4.79 Å². The molecule has 19 heavy (non-hydrogen) atoms. The lowest BCUT2D eigenvalue weighted by molar-refractivity contribution is -0.132. The number of hydrogen-bond acceptors (Lipinski definition) is 3. The lowest BCUT2D eigenvalue weighted by Crippen LogP contribution is -2.62. The van der Waals surface area contributed by atoms with Crippen LogP contribution in [-0.2, 0) is 16.1 Å². The molecule has 0 saturated carbocycles. The minimum atomic E-state index is -0.304. The van der Waals surface area contributed by atoms with Gasteiger partial charge in [-0.15, -0.1) is 0 Å². The Kier molecular flexibility index (Phi) is 2.89. The van der Waals surface area contributed by atoms with Gasteiger partial charge in [0.25, 0.3) is 0 Å². The number of β-lactam (4-membered cyclic amide) rings is 1. The van der Waals surface area contributed by atoms with E-state index in [0.29, 0.717) is 19.5 Å². The van der Waals surface area contributed by atoms with E-state index in [4.69, 9.17) is 4.74 Å². The van der Waals surface area contributed by atoms with Crippen LogP contribution in [-0.4, -0.2) is 35.5 Å². The van der Waals surface area contributed by atoms with Crippen molar-refractivity contribution in [3.05, 3.63) is 35.9 Å². The predicted octanol–water partition coefficient (Wildman–Crippen LogP) is 1.29. The molecule has 2 aliphatic heterocycles. The molecular weight excluding hydrogens is 244 g/mol. The first-order valence-corrected chi connectivity index (χ1v) is 6.44. The molecule has 1 atom stereocenters. The van der Waals surface area contributed by atoms with Crippen molar-refractivity contribution in [3.8, 4) is 0 Å². The zero-order chi connectivity index (χ0) is 13.3. The van der Waals surface area contributed by atoms with Crippen LogP contribution in [0.1, 0.15) is 18.4 Å². The van der Waals surface area contributed by atoms with Crippen LogP contribution < -0.4 is 5.32 Å². The van der Waals surface area contributed by atoms with Crippen molar-refractivity contribution in [2.45, 2.75) is 25.0 Å². The van der Waals surface area contributed by atoms with Crippen LogP contribution in [0.2, 0.25) is 0 Å². The summed E-state index contributed by atoms with van der Waals surface area (Å²) in [5.41, 5.74) is 0.796. The van der Waals surface area contributed by atoms with Crippen molar-refractivity contribution in [1.82, 2.24) is 10.2 Å². The Morgan fingerprint density at radius 3 is 2.79 bits per heavy atom. The van der Waals surface area contributed by atoms with Gasteiger partial charge in [0.05, 0.1) is 12.0 Å². The number of nitrogens with one attached hydrogen (secondary N) is 1. The minimum absolute atomic E-state index is 0.0690. The van der Waals surface area contributed by atoms with E-state index in [1.807, 2.05) is 30.3 Å². The molecule has 0 radical (unpaired) electrons. The smallest absolute Gasteiger partial charge is 0.410 e. The number of carbonyl (C=O) groups is 2. The number of rotatable bonds is 2. The van der Waals surface area contributed by atoms with Crippen LogP contribution in [0.15, 0.2) is 30.3 Å². The molecule has 1 aromatic carbocycles. The number of carbonyl (C=O) groups excluding carboxylic acids is 2. The van der Waals surface area contributed by atoms with Gasteiger partial charge in [-0.2, -0.15) is 0 Å². The van der Waals surface area contributed by atoms with Crippen molar-refractivity contribution in [3.63, 3.8) is 0 Å². The number of ether oxygens (including phenoxy) is 1. The molecule has 5 heteroatoms. The van der Waals surface area contributed by atoms with E-state index in [0.717, 1.165) is 12.0 Å². The molecule has 2 fully saturated rings. The van der Waals surface area contributed by atoms with Crippen molar-refractivity contribution in [2.75, 3.05) is 13.1 Å². The zero-order valence-electron chi connectivity index (χ0n) is 10.6. The molecule has 2 amide bonds. The highest BCUT2D eigenvalue weighted by molar-refractivity contribution is 5.85. The first-order chi connectivity index (χ1) is 9.17. The van der Waals surface area contributed by atoms with Crippen LogP contribution in [0, 0.1) is 0 Å². The molecule has 2 saturated heterocycles. The fourth-order valence-corrected chi connectivity index (χ4v) is 2.67. The molecule has 3 rings (SSSR count). The Labute approximate surface area is 111 Å². The second kappa shape index (κ2) is 4.57. The first-order valence-electron chi connectivity index (χ1n) is 6.44. The highest BCUT2D eigenvalue weighted by Gasteiger charge is 2.49. The van der Waals surface area contributed by atoms with Gasteiger partial charge in [0.1, 0.15) is 6.61 Å². The second-order valence-corrected chi connectivity index (χ2v) is 5.22. The van der Waals surface area contributed by atoms with Gasteiger partial charge in [-0.1, -0.05) is 30.3 Å². The number of benzene rings is 1. The number of likely N-dealkylation sites (tertiary alicyclic amines) is 1. The Hall–Kier alpha value is -2.04. The van der Waals surface area contributed by atoms with Crippen LogP contribution >= 0.6 is 0 Å². The highest BCUT2D eigenvalue weighted by Crippen LogP contribution is 2.31. The summed E-state index contributed by atoms with van der Waals surface area (Å²) in [6, 6.07) is 9.60. The molecule has 0 bridgehead atoms. The second-order valence-electron chi connectivity index (χ2n) is 5.22. The average Bonchev–Trinajstić information content (AvgIpc) is 2.82. The predicted molar refractivity (Wildman–Crippen MR) is 68.3 cm³/mol. The van der Waals surface area contributed by atoms with Gasteiger partial charge in [0.2, 0.25) is 5.91 Å². The number of nitrogens with zero attached hydrogens (tertiary/aromatic N) is 1. The van der Waals surface area contributed by atoms with E-state index in [9.17, 15) is 9.59 Å². The summed E-state index contributed by atoms with van der Waals surface area (Å²) in [7, 11) is 0. The molecule has 1 spiro atoms. The van der Waals surface area contributed by atoms with Crippen LogP contribution in [0.5, 0.6) is 0 Å². The SMILES string of the molecule is O=C1C[C@@]2(CCN(C(=O)OCc3ccccc3)C2)N1. The van der Waals surface area contributed by atoms with Crippen LogP contribution in [0.3, 0.4) is 0 Å². The Bertz CT molecular complexity index is 493. The largest absolute Gasteiger partial charge is 0.445 e. The Morgan fingerprint density at radius 2 is 2.11 bits per heavy atom. The molecule has 2 heterocycles. The van der Waals surface area contributed by atoms with E-state index >= 15 is 0 Å². The third-order valence-electron chi connectivity index (χ3n) is 3.72. The molecule has 1 aromatic rings. The van der Waals surface area contributed by atoms with Gasteiger partial charge in [-0.05, 0) is 12.0 Å². The van der Waals surface area contributed by atoms with Crippen molar-refractivity contribution in [2.24, 2.45) is 0 Å². The summed E-state index contributed by atoms with van der Waals surface area (Å²) in [6.07, 6.45) is 1.04. The fraction of sp³-hybridized carbons (Fsp3) is 0.429. The monoisotopic (exact) mass is 260 g/mol. The molecule has 2 aliphatic rings. The Balaban J connectivity index is 1.50. The molecule has 0 aromatic heterocycles. The summed E-state index contributed by atoms with van der Waals surface area (Å²) in [5.74, 6) is 0.0690. The first kappa shape index (κ1) is 12.0. The minimum Gasteiger partial charge on any atom is -0.445 e. The van der Waals surface area contributed by atoms with Gasteiger partial charge >= 0.3 is 6.09 Å². The summed E-state index contributed by atoms with van der Waals surface area (Å²) in [5, 5.41) is 2.89. The highest BCUT2D eigenvalue weighted by atomic mass is 16.6. The van der Waals surface area contributed by atoms with Crippen molar-refractivity contribution < 1.29 is 14.3 Å². The Morgan fingerprint density at radius 1 is 1.37 bits per heavy atom. The van der Waals surface area contributed by atoms with Gasteiger partial charge in [-0.25, -0.2) is 4.79 Å². The standard InChI is InChI=1S/C14H16N2O3/c17-12-8-14(15-12)6-7-16(10-14)13(18)19-9-11-4-2-1-3-5-11/h1-5H,6-10H2,(H,15,17)/t14-/m1/s1. The zero-order valence-corrected chi connectivity index (χ0v) is 10.6. The molecule has 0 unspecified atom stereocenters. The lowest BCUT2D eigenvalue weighted by atomic mass is 9.86. The van der Waals surface area contributed by atoms with E-state index in [1.165, 1.54) is 0 Å². The fourth-order valence-electron chi connectivity index (χ4n) is 2.67. The topological polar surface area (TPSA) is 58.6 Å². The van der Waals surface area contributed by atoms with Crippen molar-refractivity contribution in [1.29, 1.82) is 0 Å². The van der Waals surface area contributed by atoms with E-state index in [-0.39, 0.29) is 24.1 Å². The van der Waals surface area contributed by atoms with E-state index < -0.39 is 0 Å². The number of amides is 2. The third kappa shape index (κ3) is 2.41. The molecule has 5 nitrogen and oxygen atoms in total. The maximum atomic E-state index is 11.9. The van der Waals surface area contributed by atoms with E-state index in [2.05, 4.69) is 5.32 Å². The molecule has 1 N–H and O–H groups in total. The normalized spacial score (nSPS) is 25.1. The summed E-state index contributed by atoms with van der Waals surface area (Å²) < 4.78 is 5.28. The number of hydrogen-bond donors (Lipinski definition) is 1. The van der Waals surface area contributed by atoms with Gasteiger partial charge in [0.15, 0.2) is 0 Å². The lowest BCUT2D eigenvalue weighted by Gasteiger charge is -2.38. The maximum absolute atomic E-state index is 11.9. The maximum Gasteiger partial charge on any atom is 0.410 e. The van der Waals surface area contributed by atoms with Crippen LogP contribution in [0.25, 0.3) is 0 Å². The van der Waals surface area contributed by atoms with Gasteiger partial charge in [-0.3, -0.25) is 4.79 Å². The average molecular weight is 260 g/mol. The van der Waals surface area contributed by atoms with E-state index in [1.54, 1.807) is 4.90 Å². The summed E-state index contributed by atoms with van der Waals surface area (Å²) in [4.78, 5) is 24.6. The molecule has 100 valence electrons. The van der Waals surface area contributed by atoms with Gasteiger partial charge < -0.3 is 15.0 Å². The third-order valence-corrected chi connectivity index (χ3v) is 3.72. The quantitative estimate of drug-likeness (QED) is 0.815. The van der Waals surface area contributed by atoms with Crippen molar-refractivity contribution >= 4 is 12.0 Å². The molecule has 0 aliphatic carbocycles. The summed E-state index contributed by atoms with van der Waals surface area (Å²) >= 11 is 0. The molecular formula is C14H16N2O3.